The molecule has 0 spiro atoms. The molecule has 2 rings (SSSR count). The van der Waals surface area contributed by atoms with Crippen LogP contribution in [0.3, 0.4) is 0 Å². The van der Waals surface area contributed by atoms with E-state index < -0.39 is 11.9 Å². The summed E-state index contributed by atoms with van der Waals surface area (Å²) in [5.41, 5.74) is 2.31. The molecule has 0 atom stereocenters. The molecule has 2 aromatic carbocycles. The Balaban J connectivity index is 1.90. The number of benzene rings is 2. The molecule has 0 aliphatic carbocycles. The molecular formula is C22H27NO7. The molecule has 0 unspecified atom stereocenters. The van der Waals surface area contributed by atoms with Crippen molar-refractivity contribution < 1.29 is 33.3 Å². The highest BCUT2D eigenvalue weighted by Crippen LogP contribution is 2.38. The van der Waals surface area contributed by atoms with Gasteiger partial charge in [-0.1, -0.05) is 6.07 Å². The lowest BCUT2D eigenvalue weighted by Crippen LogP contribution is -2.21. The smallest absolute Gasteiger partial charge is 0.306 e. The molecule has 0 aliphatic rings. The van der Waals surface area contributed by atoms with E-state index in [1.165, 1.54) is 28.4 Å². The van der Waals surface area contributed by atoms with Crippen molar-refractivity contribution in [2.75, 3.05) is 40.4 Å². The van der Waals surface area contributed by atoms with Crippen molar-refractivity contribution >= 4 is 17.6 Å². The van der Waals surface area contributed by atoms with Crippen molar-refractivity contribution in [3.63, 3.8) is 0 Å². The summed E-state index contributed by atoms with van der Waals surface area (Å²) >= 11 is 0. The van der Waals surface area contributed by atoms with Gasteiger partial charge in [0.05, 0.1) is 34.1 Å². The zero-order valence-corrected chi connectivity index (χ0v) is 17.9. The fourth-order valence-electron chi connectivity index (χ4n) is 2.85. The summed E-state index contributed by atoms with van der Waals surface area (Å²) in [7, 11) is 6.09. The number of hydrogen-bond acceptors (Lipinski definition) is 7. The lowest BCUT2D eigenvalue weighted by atomic mass is 10.1. The summed E-state index contributed by atoms with van der Waals surface area (Å²) in [5.74, 6) is 1.09. The fourth-order valence-corrected chi connectivity index (χ4v) is 2.85. The Labute approximate surface area is 176 Å². The number of carbonyl (C=O) groups is 2. The SMILES string of the molecule is COc1ccc(C)cc1NC(=O)COC(=O)CCc1cc(OC)c(OC)c(OC)c1. The van der Waals surface area contributed by atoms with Crippen LogP contribution in [0, 0.1) is 6.92 Å². The number of nitrogens with one attached hydrogen (secondary N) is 1. The summed E-state index contributed by atoms with van der Waals surface area (Å²) in [5, 5.41) is 2.69. The highest BCUT2D eigenvalue weighted by atomic mass is 16.5. The first kappa shape index (κ1) is 22.9. The van der Waals surface area contributed by atoms with Crippen molar-refractivity contribution in [3.8, 4) is 23.0 Å². The van der Waals surface area contributed by atoms with Crippen LogP contribution < -0.4 is 24.3 Å². The first-order valence-corrected chi connectivity index (χ1v) is 9.30. The van der Waals surface area contributed by atoms with Gasteiger partial charge in [-0.25, -0.2) is 0 Å². The predicted molar refractivity (Wildman–Crippen MR) is 112 cm³/mol. The van der Waals surface area contributed by atoms with Crippen molar-refractivity contribution in [2.45, 2.75) is 19.8 Å². The molecule has 0 aromatic heterocycles. The van der Waals surface area contributed by atoms with E-state index in [-0.39, 0.29) is 13.0 Å². The van der Waals surface area contributed by atoms with Crippen molar-refractivity contribution in [1.29, 1.82) is 0 Å². The molecule has 8 nitrogen and oxygen atoms in total. The van der Waals surface area contributed by atoms with Gasteiger partial charge in [0.2, 0.25) is 5.75 Å². The Morgan fingerprint density at radius 3 is 2.07 bits per heavy atom. The first-order valence-electron chi connectivity index (χ1n) is 9.30. The van der Waals surface area contributed by atoms with Crippen LogP contribution in [0.5, 0.6) is 23.0 Å². The van der Waals surface area contributed by atoms with Crippen LogP contribution in [-0.4, -0.2) is 46.9 Å². The average molecular weight is 417 g/mol. The Kier molecular flexibility index (Phi) is 8.34. The highest BCUT2D eigenvalue weighted by molar-refractivity contribution is 5.94. The Bertz CT molecular complexity index is 870. The van der Waals surface area contributed by atoms with Crippen LogP contribution in [0.15, 0.2) is 30.3 Å². The third-order valence-electron chi connectivity index (χ3n) is 4.34. The van der Waals surface area contributed by atoms with Gasteiger partial charge in [0.1, 0.15) is 5.75 Å². The standard InChI is InChI=1S/C22H27NO7/c1-14-6-8-17(26-2)16(10-14)23-20(24)13-30-21(25)9-7-15-11-18(27-3)22(29-5)19(12-15)28-4/h6,8,10-12H,7,9,13H2,1-5H3,(H,23,24). The molecule has 0 aliphatic heterocycles. The van der Waals surface area contributed by atoms with E-state index in [2.05, 4.69) is 5.32 Å². The van der Waals surface area contributed by atoms with E-state index in [4.69, 9.17) is 23.7 Å². The van der Waals surface area contributed by atoms with Gasteiger partial charge in [0.25, 0.3) is 5.91 Å². The lowest BCUT2D eigenvalue weighted by Gasteiger charge is -2.14. The molecule has 2 aromatic rings. The van der Waals surface area contributed by atoms with Crippen molar-refractivity contribution in [3.05, 3.63) is 41.5 Å². The minimum atomic E-state index is -0.491. The molecule has 0 bridgehead atoms. The molecule has 1 N–H and O–H groups in total. The largest absolute Gasteiger partial charge is 0.495 e. The number of carbonyl (C=O) groups excluding carboxylic acids is 2. The maximum atomic E-state index is 12.1. The van der Waals surface area contributed by atoms with Gasteiger partial charge in [-0.3, -0.25) is 9.59 Å². The molecule has 0 fully saturated rings. The second kappa shape index (κ2) is 10.9. The summed E-state index contributed by atoms with van der Waals surface area (Å²) in [6.45, 7) is 1.52. The monoisotopic (exact) mass is 417 g/mol. The van der Waals surface area contributed by atoms with Crippen LogP contribution in [0.1, 0.15) is 17.5 Å². The number of ether oxygens (including phenoxy) is 5. The van der Waals surface area contributed by atoms with Crippen LogP contribution >= 0.6 is 0 Å². The van der Waals surface area contributed by atoms with Crippen molar-refractivity contribution in [2.24, 2.45) is 0 Å². The zero-order valence-electron chi connectivity index (χ0n) is 17.9. The maximum Gasteiger partial charge on any atom is 0.306 e. The fraction of sp³-hybridized carbons (Fsp3) is 0.364. The summed E-state index contributed by atoms with van der Waals surface area (Å²) in [6.07, 6.45) is 0.489. The van der Waals surface area contributed by atoms with Gasteiger partial charge >= 0.3 is 5.97 Å². The number of esters is 1. The van der Waals surface area contributed by atoms with Gasteiger partial charge in [0.15, 0.2) is 18.1 Å². The number of rotatable bonds is 10. The lowest BCUT2D eigenvalue weighted by molar-refractivity contribution is -0.147. The van der Waals surface area contributed by atoms with Crippen LogP contribution in [-0.2, 0) is 20.7 Å². The van der Waals surface area contributed by atoms with E-state index in [0.29, 0.717) is 35.1 Å². The second-order valence-electron chi connectivity index (χ2n) is 6.45. The van der Waals surface area contributed by atoms with E-state index in [0.717, 1.165) is 11.1 Å². The van der Waals surface area contributed by atoms with Gasteiger partial charge in [-0.15, -0.1) is 0 Å². The minimum Gasteiger partial charge on any atom is -0.495 e. The van der Waals surface area contributed by atoms with E-state index in [9.17, 15) is 9.59 Å². The number of methoxy groups -OCH3 is 4. The molecule has 0 radical (unpaired) electrons. The zero-order chi connectivity index (χ0) is 22.1. The average Bonchev–Trinajstić information content (AvgIpc) is 2.75. The molecule has 162 valence electrons. The van der Waals surface area contributed by atoms with Crippen LogP contribution in [0.2, 0.25) is 0 Å². The van der Waals surface area contributed by atoms with Gasteiger partial charge in [0, 0.05) is 6.42 Å². The maximum absolute atomic E-state index is 12.1. The Morgan fingerprint density at radius 1 is 0.867 bits per heavy atom. The molecular weight excluding hydrogens is 390 g/mol. The summed E-state index contributed by atoms with van der Waals surface area (Å²) in [6, 6.07) is 8.95. The minimum absolute atomic E-state index is 0.0969. The summed E-state index contributed by atoms with van der Waals surface area (Å²) < 4.78 is 26.2. The molecule has 0 heterocycles. The Hall–Kier alpha value is -3.42. The van der Waals surface area contributed by atoms with Gasteiger partial charge < -0.3 is 29.0 Å². The molecule has 0 saturated heterocycles. The number of hydrogen-bond donors (Lipinski definition) is 1. The number of anilines is 1. The van der Waals surface area contributed by atoms with E-state index in [1.807, 2.05) is 13.0 Å². The predicted octanol–water partition coefficient (Wildman–Crippen LogP) is 3.14. The van der Waals surface area contributed by atoms with E-state index in [1.54, 1.807) is 24.3 Å². The quantitative estimate of drug-likeness (QED) is 0.594. The van der Waals surface area contributed by atoms with Crippen LogP contribution in [0.25, 0.3) is 0 Å². The second-order valence-corrected chi connectivity index (χ2v) is 6.45. The van der Waals surface area contributed by atoms with E-state index >= 15 is 0 Å². The summed E-state index contributed by atoms with van der Waals surface area (Å²) in [4.78, 5) is 24.2. The molecule has 30 heavy (non-hydrogen) atoms. The third-order valence-corrected chi connectivity index (χ3v) is 4.34. The van der Waals surface area contributed by atoms with Crippen LogP contribution in [0.4, 0.5) is 5.69 Å². The van der Waals surface area contributed by atoms with Gasteiger partial charge in [-0.2, -0.15) is 0 Å². The third kappa shape index (κ3) is 6.04. The number of aryl methyl sites for hydroxylation is 2. The normalized spacial score (nSPS) is 10.2. The number of amides is 1. The topological polar surface area (TPSA) is 92.3 Å². The molecule has 8 heteroatoms. The molecule has 0 saturated carbocycles. The Morgan fingerprint density at radius 2 is 1.50 bits per heavy atom. The first-order chi connectivity index (χ1) is 14.4. The van der Waals surface area contributed by atoms with Gasteiger partial charge in [-0.05, 0) is 48.7 Å². The molecule has 1 amide bonds. The highest BCUT2D eigenvalue weighted by Gasteiger charge is 2.15. The van der Waals surface area contributed by atoms with Crippen molar-refractivity contribution in [1.82, 2.24) is 0 Å².